The van der Waals surface area contributed by atoms with E-state index in [4.69, 9.17) is 0 Å². The number of anilines is 2. The number of hydrogen-bond acceptors (Lipinski definition) is 4. The monoisotopic (exact) mass is 364 g/mol. The molecule has 2 aromatic carbocycles. The Labute approximate surface area is 147 Å². The molecule has 0 radical (unpaired) electrons. The molecule has 1 N–H and O–H groups in total. The van der Waals surface area contributed by atoms with Crippen LogP contribution in [0.3, 0.4) is 0 Å². The van der Waals surface area contributed by atoms with E-state index in [1.54, 1.807) is 36.0 Å². The number of thioether (sulfide) groups is 1. The molecule has 0 unspecified atom stereocenters. The zero-order valence-corrected chi connectivity index (χ0v) is 15.4. The Kier molecular flexibility index (Phi) is 5.90. The highest BCUT2D eigenvalue weighted by Crippen LogP contribution is 2.27. The summed E-state index contributed by atoms with van der Waals surface area (Å²) < 4.78 is 24.2. The van der Waals surface area contributed by atoms with Gasteiger partial charge >= 0.3 is 0 Å². The largest absolute Gasteiger partial charge is 0.321 e. The minimum atomic E-state index is -3.32. The predicted molar refractivity (Wildman–Crippen MR) is 100 cm³/mol. The first kappa shape index (κ1) is 18.4. The van der Waals surface area contributed by atoms with E-state index in [2.05, 4.69) is 12.2 Å². The molecule has 0 aliphatic heterocycles. The van der Waals surface area contributed by atoms with Crippen LogP contribution in [0, 0.1) is 0 Å². The first-order valence-electron chi connectivity index (χ1n) is 7.40. The molecule has 0 saturated heterocycles. The van der Waals surface area contributed by atoms with Crippen LogP contribution in [0.1, 0.15) is 17.3 Å². The number of nitrogens with one attached hydrogen (secondary N) is 1. The van der Waals surface area contributed by atoms with Gasteiger partial charge in [0.1, 0.15) is 0 Å². The second-order valence-corrected chi connectivity index (χ2v) is 8.48. The van der Waals surface area contributed by atoms with Crippen LogP contribution in [-0.4, -0.2) is 33.4 Å². The minimum Gasteiger partial charge on any atom is -0.321 e. The lowest BCUT2D eigenvalue weighted by atomic mass is 10.2. The zero-order chi connectivity index (χ0) is 17.7. The maximum Gasteiger partial charge on any atom is 0.255 e. The molecule has 0 aliphatic carbocycles. The van der Waals surface area contributed by atoms with Crippen molar-refractivity contribution in [3.8, 4) is 0 Å². The van der Waals surface area contributed by atoms with Crippen LogP contribution in [0.4, 0.5) is 11.4 Å². The summed E-state index contributed by atoms with van der Waals surface area (Å²) in [6.45, 7) is 2.06. The average molecular weight is 364 g/mol. The highest BCUT2D eigenvalue weighted by molar-refractivity contribution is 7.99. The van der Waals surface area contributed by atoms with E-state index in [0.29, 0.717) is 11.3 Å². The average Bonchev–Trinajstić information content (AvgIpc) is 2.55. The quantitative estimate of drug-likeness (QED) is 0.797. The van der Waals surface area contributed by atoms with Crippen molar-refractivity contribution in [2.45, 2.75) is 11.8 Å². The van der Waals surface area contributed by atoms with E-state index < -0.39 is 10.0 Å². The topological polar surface area (TPSA) is 66.5 Å². The minimum absolute atomic E-state index is 0.229. The highest BCUT2D eigenvalue weighted by Gasteiger charge is 2.13. The summed E-state index contributed by atoms with van der Waals surface area (Å²) in [5.74, 6) is 0.687. The van der Waals surface area contributed by atoms with Gasteiger partial charge in [-0.05, 0) is 42.2 Å². The first-order valence-corrected chi connectivity index (χ1v) is 10.2. The molecule has 0 atom stereocenters. The van der Waals surface area contributed by atoms with Crippen LogP contribution in [0.5, 0.6) is 0 Å². The molecule has 24 heavy (non-hydrogen) atoms. The van der Waals surface area contributed by atoms with Crippen molar-refractivity contribution >= 4 is 39.1 Å². The molecular formula is C17H20N2O3S2. The Bertz CT molecular complexity index is 818. The van der Waals surface area contributed by atoms with E-state index in [1.807, 2.05) is 24.3 Å². The van der Waals surface area contributed by atoms with Gasteiger partial charge in [-0.1, -0.05) is 19.1 Å². The molecule has 0 saturated carbocycles. The maximum atomic E-state index is 12.4. The molecular weight excluding hydrogens is 344 g/mol. The third-order valence-electron chi connectivity index (χ3n) is 3.43. The summed E-state index contributed by atoms with van der Waals surface area (Å²) in [4.78, 5) is 13.4. The summed E-state index contributed by atoms with van der Waals surface area (Å²) >= 11 is 1.66. The van der Waals surface area contributed by atoms with Gasteiger partial charge in [0.25, 0.3) is 5.91 Å². The van der Waals surface area contributed by atoms with Crippen LogP contribution in [0.15, 0.2) is 53.4 Å². The number of carbonyl (C=O) groups is 1. The van der Waals surface area contributed by atoms with Gasteiger partial charge in [-0.2, -0.15) is 0 Å². The third-order valence-corrected chi connectivity index (χ3v) is 5.59. The van der Waals surface area contributed by atoms with Gasteiger partial charge in [0.05, 0.1) is 17.6 Å². The van der Waals surface area contributed by atoms with Crippen molar-refractivity contribution in [1.82, 2.24) is 0 Å². The van der Waals surface area contributed by atoms with Crippen molar-refractivity contribution in [2.75, 3.05) is 28.7 Å². The molecule has 1 amide bonds. The number of sulfonamides is 1. The zero-order valence-electron chi connectivity index (χ0n) is 13.8. The van der Waals surface area contributed by atoms with E-state index in [-0.39, 0.29) is 5.91 Å². The van der Waals surface area contributed by atoms with Crippen molar-refractivity contribution in [3.05, 3.63) is 54.1 Å². The second-order valence-electron chi connectivity index (χ2n) is 5.16. The van der Waals surface area contributed by atoms with Gasteiger partial charge in [-0.15, -0.1) is 11.8 Å². The van der Waals surface area contributed by atoms with Gasteiger partial charge in [-0.3, -0.25) is 9.10 Å². The lowest BCUT2D eigenvalue weighted by molar-refractivity contribution is 0.102. The van der Waals surface area contributed by atoms with Crippen LogP contribution in [0.25, 0.3) is 0 Å². The van der Waals surface area contributed by atoms with Crippen molar-refractivity contribution in [3.63, 3.8) is 0 Å². The van der Waals surface area contributed by atoms with E-state index >= 15 is 0 Å². The molecule has 0 spiro atoms. The second kappa shape index (κ2) is 7.72. The number of benzene rings is 2. The SMILES string of the molecule is CCSc1ccccc1NC(=O)c1ccc(N(C)S(C)(=O)=O)cc1. The van der Waals surface area contributed by atoms with E-state index in [0.717, 1.165) is 22.6 Å². The third kappa shape index (κ3) is 4.52. The molecule has 0 heterocycles. The molecule has 0 fully saturated rings. The normalized spacial score (nSPS) is 11.1. The summed E-state index contributed by atoms with van der Waals surface area (Å²) in [5.41, 5.74) is 1.75. The van der Waals surface area contributed by atoms with Gasteiger partial charge < -0.3 is 5.32 Å². The van der Waals surface area contributed by atoms with E-state index in [1.165, 1.54) is 11.4 Å². The molecule has 0 aliphatic rings. The standard InChI is InChI=1S/C17H20N2O3S2/c1-4-23-16-8-6-5-7-15(16)18-17(20)13-9-11-14(12-10-13)19(2)24(3,21)22/h5-12H,4H2,1-3H3,(H,18,20). The Morgan fingerprint density at radius 1 is 1.12 bits per heavy atom. The fourth-order valence-corrected chi connectivity index (χ4v) is 3.33. The summed E-state index contributed by atoms with van der Waals surface area (Å²) in [6.07, 6.45) is 1.13. The Hall–Kier alpha value is -1.99. The number of amides is 1. The molecule has 2 aromatic rings. The molecule has 2 rings (SSSR count). The number of hydrogen-bond donors (Lipinski definition) is 1. The fraction of sp³-hybridized carbons (Fsp3) is 0.235. The summed E-state index contributed by atoms with van der Waals surface area (Å²) in [6, 6.07) is 14.1. The van der Waals surface area contributed by atoms with Crippen molar-refractivity contribution in [1.29, 1.82) is 0 Å². The lowest BCUT2D eigenvalue weighted by Gasteiger charge is -2.16. The Balaban J connectivity index is 2.17. The summed E-state index contributed by atoms with van der Waals surface area (Å²) in [7, 11) is -1.84. The molecule has 0 aromatic heterocycles. The fourth-order valence-electron chi connectivity index (χ4n) is 2.06. The number of nitrogens with zero attached hydrogens (tertiary/aromatic N) is 1. The number of para-hydroxylation sites is 1. The van der Waals surface area contributed by atoms with Gasteiger partial charge in [0, 0.05) is 17.5 Å². The van der Waals surface area contributed by atoms with Gasteiger partial charge in [-0.25, -0.2) is 8.42 Å². The Morgan fingerprint density at radius 2 is 1.75 bits per heavy atom. The van der Waals surface area contributed by atoms with Crippen LogP contribution < -0.4 is 9.62 Å². The predicted octanol–water partition coefficient (Wildman–Crippen LogP) is 3.45. The van der Waals surface area contributed by atoms with Crippen molar-refractivity contribution in [2.24, 2.45) is 0 Å². The van der Waals surface area contributed by atoms with Gasteiger partial charge in [0.2, 0.25) is 10.0 Å². The maximum absolute atomic E-state index is 12.4. The van der Waals surface area contributed by atoms with Crippen LogP contribution >= 0.6 is 11.8 Å². The molecule has 0 bridgehead atoms. The van der Waals surface area contributed by atoms with Crippen LogP contribution in [0.2, 0.25) is 0 Å². The smallest absolute Gasteiger partial charge is 0.255 e. The van der Waals surface area contributed by atoms with Gasteiger partial charge in [0.15, 0.2) is 0 Å². The highest BCUT2D eigenvalue weighted by atomic mass is 32.2. The molecule has 5 nitrogen and oxygen atoms in total. The Morgan fingerprint density at radius 3 is 2.33 bits per heavy atom. The van der Waals surface area contributed by atoms with E-state index in [9.17, 15) is 13.2 Å². The molecule has 128 valence electrons. The lowest BCUT2D eigenvalue weighted by Crippen LogP contribution is -2.24. The van der Waals surface area contributed by atoms with Crippen LogP contribution in [-0.2, 0) is 10.0 Å². The molecule has 7 heteroatoms. The summed E-state index contributed by atoms with van der Waals surface area (Å²) in [5, 5.41) is 2.90. The number of carbonyl (C=O) groups excluding carboxylic acids is 1. The number of rotatable bonds is 6. The first-order chi connectivity index (χ1) is 11.3. The van der Waals surface area contributed by atoms with Crippen molar-refractivity contribution < 1.29 is 13.2 Å².